The lowest BCUT2D eigenvalue weighted by atomic mass is 9.98. The van der Waals surface area contributed by atoms with Crippen molar-refractivity contribution in [3.63, 3.8) is 0 Å². The maximum Gasteiger partial charge on any atom is 0.418 e. The molecule has 0 aromatic carbocycles. The predicted molar refractivity (Wildman–Crippen MR) is 65.0 cm³/mol. The fourth-order valence-electron chi connectivity index (χ4n) is 2.35. The van der Waals surface area contributed by atoms with Gasteiger partial charge in [0.15, 0.2) is 0 Å². The van der Waals surface area contributed by atoms with Crippen LogP contribution in [-0.2, 0) is 6.18 Å². The number of aromatic nitrogens is 1. The van der Waals surface area contributed by atoms with Crippen molar-refractivity contribution in [3.8, 4) is 0 Å². The molecule has 1 saturated heterocycles. The first-order valence-electron chi connectivity index (χ1n) is 6.36. The summed E-state index contributed by atoms with van der Waals surface area (Å²) in [4.78, 5) is 17.1. The lowest BCUT2D eigenvalue weighted by Gasteiger charge is -2.32. The topological polar surface area (TPSA) is 53.4 Å². The number of hydrogen-bond donors (Lipinski definition) is 1. The molecule has 0 saturated carbocycles. The fraction of sp³-hybridized carbons (Fsp3) is 0.538. The Morgan fingerprint density at radius 2 is 2.25 bits per heavy atom. The van der Waals surface area contributed by atoms with E-state index in [9.17, 15) is 18.0 Å². The van der Waals surface area contributed by atoms with Gasteiger partial charge in [-0.05, 0) is 30.9 Å². The summed E-state index contributed by atoms with van der Waals surface area (Å²) in [6, 6.07) is 2.01. The third-order valence-electron chi connectivity index (χ3n) is 3.38. The van der Waals surface area contributed by atoms with Crippen LogP contribution in [0.2, 0.25) is 0 Å². The monoisotopic (exact) mass is 288 g/mol. The van der Waals surface area contributed by atoms with E-state index in [0.29, 0.717) is 13.0 Å². The molecule has 1 fully saturated rings. The fourth-order valence-corrected chi connectivity index (χ4v) is 2.35. The molecule has 1 aliphatic heterocycles. The van der Waals surface area contributed by atoms with Crippen LogP contribution >= 0.6 is 0 Å². The van der Waals surface area contributed by atoms with E-state index < -0.39 is 23.3 Å². The van der Waals surface area contributed by atoms with Crippen molar-refractivity contribution >= 4 is 5.91 Å². The second-order valence-electron chi connectivity index (χ2n) is 4.84. The molecule has 2 rings (SSSR count). The Bertz CT molecular complexity index is 491. The Hall–Kier alpha value is -1.63. The lowest BCUT2D eigenvalue weighted by Crippen LogP contribution is -2.42. The zero-order valence-electron chi connectivity index (χ0n) is 10.7. The van der Waals surface area contributed by atoms with Crippen molar-refractivity contribution in [2.75, 3.05) is 19.7 Å². The number of aliphatic hydroxyl groups excluding tert-OH is 1. The van der Waals surface area contributed by atoms with Gasteiger partial charge in [0.25, 0.3) is 5.91 Å². The van der Waals surface area contributed by atoms with Gasteiger partial charge in [-0.2, -0.15) is 13.2 Å². The largest absolute Gasteiger partial charge is 0.418 e. The molecule has 1 unspecified atom stereocenters. The first kappa shape index (κ1) is 14.8. The van der Waals surface area contributed by atoms with Crippen molar-refractivity contribution in [1.29, 1.82) is 0 Å². The number of aliphatic hydroxyl groups is 1. The van der Waals surface area contributed by atoms with Crippen LogP contribution in [0.15, 0.2) is 18.3 Å². The van der Waals surface area contributed by atoms with Crippen LogP contribution < -0.4 is 0 Å². The highest BCUT2D eigenvalue weighted by Crippen LogP contribution is 2.32. The van der Waals surface area contributed by atoms with Gasteiger partial charge >= 0.3 is 6.18 Å². The number of nitrogens with zero attached hydrogens (tertiary/aromatic N) is 2. The zero-order chi connectivity index (χ0) is 14.8. The first-order chi connectivity index (χ1) is 9.43. The molecular weight excluding hydrogens is 273 g/mol. The second-order valence-corrected chi connectivity index (χ2v) is 4.84. The number of alkyl halides is 3. The Morgan fingerprint density at radius 3 is 2.90 bits per heavy atom. The van der Waals surface area contributed by atoms with Gasteiger partial charge in [-0.3, -0.25) is 9.78 Å². The number of pyridine rings is 1. The molecule has 1 aromatic heterocycles. The normalized spacial score (nSPS) is 20.0. The number of likely N-dealkylation sites (tertiary alicyclic amines) is 1. The third-order valence-corrected chi connectivity index (χ3v) is 3.38. The summed E-state index contributed by atoms with van der Waals surface area (Å²) >= 11 is 0. The number of halogens is 3. The van der Waals surface area contributed by atoms with Gasteiger partial charge < -0.3 is 10.0 Å². The minimum Gasteiger partial charge on any atom is -0.396 e. The number of rotatable bonds is 2. The highest BCUT2D eigenvalue weighted by molar-refractivity contribution is 5.94. The summed E-state index contributed by atoms with van der Waals surface area (Å²) in [6.07, 6.45) is -1.98. The van der Waals surface area contributed by atoms with E-state index in [1.807, 2.05) is 0 Å². The van der Waals surface area contributed by atoms with E-state index >= 15 is 0 Å². The average molecular weight is 288 g/mol. The summed E-state index contributed by atoms with van der Waals surface area (Å²) < 4.78 is 38.6. The number of carbonyl (C=O) groups is 1. The minimum absolute atomic E-state index is 0.0713. The highest BCUT2D eigenvalue weighted by Gasteiger charge is 2.37. The molecule has 4 nitrogen and oxygen atoms in total. The van der Waals surface area contributed by atoms with Crippen molar-refractivity contribution in [3.05, 3.63) is 29.6 Å². The molecule has 7 heteroatoms. The van der Waals surface area contributed by atoms with Gasteiger partial charge in [-0.25, -0.2) is 0 Å². The molecule has 1 N–H and O–H groups in total. The number of amides is 1. The first-order valence-corrected chi connectivity index (χ1v) is 6.36. The van der Waals surface area contributed by atoms with E-state index in [1.165, 1.54) is 11.1 Å². The molecule has 110 valence electrons. The quantitative estimate of drug-likeness (QED) is 0.905. The molecule has 0 aliphatic carbocycles. The van der Waals surface area contributed by atoms with Crippen molar-refractivity contribution in [2.24, 2.45) is 5.92 Å². The maximum atomic E-state index is 12.9. The van der Waals surface area contributed by atoms with Crippen LogP contribution in [0.5, 0.6) is 0 Å². The van der Waals surface area contributed by atoms with Crippen molar-refractivity contribution in [1.82, 2.24) is 9.88 Å². The van der Waals surface area contributed by atoms with Crippen LogP contribution in [0.3, 0.4) is 0 Å². The molecule has 0 bridgehead atoms. The SMILES string of the molecule is O=C(c1ncccc1C(F)(F)F)N1CCCC(CO)C1. The maximum absolute atomic E-state index is 12.9. The number of carbonyl (C=O) groups excluding carboxylic acids is 1. The van der Waals surface area contributed by atoms with Gasteiger partial charge in [-0.1, -0.05) is 0 Å². The third kappa shape index (κ3) is 3.09. The molecule has 1 atom stereocenters. The summed E-state index contributed by atoms with van der Waals surface area (Å²) in [6.45, 7) is 0.588. The second kappa shape index (κ2) is 5.78. The summed E-state index contributed by atoms with van der Waals surface area (Å²) in [5.74, 6) is -0.804. The smallest absolute Gasteiger partial charge is 0.396 e. The highest BCUT2D eigenvalue weighted by atomic mass is 19.4. The molecule has 1 amide bonds. The van der Waals surface area contributed by atoms with Gasteiger partial charge in [0.1, 0.15) is 5.69 Å². The van der Waals surface area contributed by atoms with E-state index in [4.69, 9.17) is 5.11 Å². The molecular formula is C13H15F3N2O2. The molecule has 1 aromatic rings. The Labute approximate surface area is 114 Å². The Morgan fingerprint density at radius 1 is 1.50 bits per heavy atom. The van der Waals surface area contributed by atoms with Crippen LogP contribution in [0.25, 0.3) is 0 Å². The van der Waals surface area contributed by atoms with Gasteiger partial charge in [0.05, 0.1) is 5.56 Å². The van der Waals surface area contributed by atoms with Crippen LogP contribution in [0.1, 0.15) is 28.9 Å². The predicted octanol–water partition coefficient (Wildman–Crippen LogP) is 1.94. The summed E-state index contributed by atoms with van der Waals surface area (Å²) in [5, 5.41) is 9.11. The average Bonchev–Trinajstić information content (AvgIpc) is 2.45. The molecule has 0 radical (unpaired) electrons. The van der Waals surface area contributed by atoms with Crippen LogP contribution in [-0.4, -0.2) is 40.6 Å². The van der Waals surface area contributed by atoms with E-state index in [-0.39, 0.29) is 19.1 Å². The molecule has 20 heavy (non-hydrogen) atoms. The zero-order valence-corrected chi connectivity index (χ0v) is 10.7. The minimum atomic E-state index is -4.61. The lowest BCUT2D eigenvalue weighted by molar-refractivity contribution is -0.138. The Kier molecular flexibility index (Phi) is 4.27. The standard InChI is InChI=1S/C13H15F3N2O2/c14-13(15,16)10-4-1-5-17-11(10)12(20)18-6-2-3-9(7-18)8-19/h1,4-5,9,19H,2-3,6-8H2. The molecule has 0 spiro atoms. The summed E-state index contributed by atoms with van der Waals surface area (Å²) in [5.41, 5.74) is -1.59. The van der Waals surface area contributed by atoms with Crippen molar-refractivity contribution < 1.29 is 23.1 Å². The van der Waals surface area contributed by atoms with Gasteiger partial charge in [-0.15, -0.1) is 0 Å². The number of hydrogen-bond acceptors (Lipinski definition) is 3. The molecule has 2 heterocycles. The summed E-state index contributed by atoms with van der Waals surface area (Å²) in [7, 11) is 0. The molecule has 1 aliphatic rings. The number of piperidine rings is 1. The van der Waals surface area contributed by atoms with Crippen molar-refractivity contribution in [2.45, 2.75) is 19.0 Å². The Balaban J connectivity index is 2.25. The van der Waals surface area contributed by atoms with E-state index in [0.717, 1.165) is 18.6 Å². The van der Waals surface area contributed by atoms with Crippen LogP contribution in [0, 0.1) is 5.92 Å². The van der Waals surface area contributed by atoms with E-state index in [1.54, 1.807) is 0 Å². The van der Waals surface area contributed by atoms with Crippen LogP contribution in [0.4, 0.5) is 13.2 Å². The van der Waals surface area contributed by atoms with Gasteiger partial charge in [0, 0.05) is 25.9 Å². The van der Waals surface area contributed by atoms with E-state index in [2.05, 4.69) is 4.98 Å². The van der Waals surface area contributed by atoms with Gasteiger partial charge in [0.2, 0.25) is 0 Å².